The lowest BCUT2D eigenvalue weighted by atomic mass is 10.2. The van der Waals surface area contributed by atoms with Crippen LogP contribution in [-0.2, 0) is 14.8 Å². The Morgan fingerprint density at radius 2 is 1.86 bits per heavy atom. The lowest BCUT2D eigenvalue weighted by molar-refractivity contribution is -0.113. The number of nitrogens with zero attached hydrogens (tertiary/aromatic N) is 2. The summed E-state index contributed by atoms with van der Waals surface area (Å²) in [6.45, 7) is 2.06. The molecule has 1 fully saturated rings. The highest BCUT2D eigenvalue weighted by Gasteiger charge is 2.30. The Hall–Kier alpha value is -2.23. The monoisotopic (exact) mass is 419 g/mol. The second-order valence-corrected chi connectivity index (χ2v) is 9.54. The van der Waals surface area contributed by atoms with Crippen LogP contribution in [0.4, 0.5) is 11.4 Å². The number of anilines is 2. The van der Waals surface area contributed by atoms with Gasteiger partial charge in [-0.15, -0.1) is 11.8 Å². The van der Waals surface area contributed by atoms with E-state index in [-0.39, 0.29) is 10.8 Å². The van der Waals surface area contributed by atoms with E-state index in [1.54, 1.807) is 25.3 Å². The van der Waals surface area contributed by atoms with Crippen LogP contribution in [0.3, 0.4) is 0 Å². The number of carbonyl (C=O) groups excluding carboxylic acids is 1. The molecule has 2 aliphatic rings. The molecule has 2 aromatic rings. The number of hydrogen-bond donors (Lipinski definition) is 1. The molecule has 148 valence electrons. The van der Waals surface area contributed by atoms with E-state index in [2.05, 4.69) is 10.2 Å². The van der Waals surface area contributed by atoms with E-state index in [1.807, 2.05) is 24.3 Å². The molecular weight excluding hydrogens is 398 g/mol. The summed E-state index contributed by atoms with van der Waals surface area (Å²) in [5.74, 6) is 1.02. The molecule has 2 heterocycles. The second-order valence-electron chi connectivity index (χ2n) is 6.59. The summed E-state index contributed by atoms with van der Waals surface area (Å²) in [4.78, 5) is 14.7. The molecule has 9 heteroatoms. The molecule has 0 radical (unpaired) electrons. The van der Waals surface area contributed by atoms with Gasteiger partial charge in [-0.05, 0) is 30.3 Å². The molecular formula is C19H21N3O4S2. The van der Waals surface area contributed by atoms with Gasteiger partial charge in [0.25, 0.3) is 0 Å². The van der Waals surface area contributed by atoms with E-state index in [4.69, 9.17) is 4.74 Å². The molecule has 7 nitrogen and oxygen atoms in total. The molecule has 2 aromatic carbocycles. The van der Waals surface area contributed by atoms with Crippen LogP contribution in [0.5, 0.6) is 5.75 Å². The first-order valence-electron chi connectivity index (χ1n) is 8.93. The van der Waals surface area contributed by atoms with Crippen molar-refractivity contribution in [1.82, 2.24) is 4.31 Å². The van der Waals surface area contributed by atoms with E-state index < -0.39 is 10.0 Å². The highest BCUT2D eigenvalue weighted by Crippen LogP contribution is 2.34. The number of ether oxygens (including phenoxy) is 1. The van der Waals surface area contributed by atoms with Crippen LogP contribution in [0.15, 0.2) is 52.3 Å². The normalized spacial score (nSPS) is 17.8. The number of sulfonamides is 1. The van der Waals surface area contributed by atoms with Crippen molar-refractivity contribution in [1.29, 1.82) is 0 Å². The predicted octanol–water partition coefficient (Wildman–Crippen LogP) is 2.25. The summed E-state index contributed by atoms with van der Waals surface area (Å²) >= 11 is 1.36. The maximum absolute atomic E-state index is 13.1. The molecule has 28 heavy (non-hydrogen) atoms. The number of rotatable bonds is 4. The highest BCUT2D eigenvalue weighted by molar-refractivity contribution is 8.00. The van der Waals surface area contributed by atoms with Gasteiger partial charge in [-0.1, -0.05) is 6.07 Å². The Kier molecular flexibility index (Phi) is 5.22. The molecule has 1 saturated heterocycles. The Morgan fingerprint density at radius 3 is 2.61 bits per heavy atom. The largest absolute Gasteiger partial charge is 0.497 e. The van der Waals surface area contributed by atoms with Crippen molar-refractivity contribution >= 4 is 39.1 Å². The van der Waals surface area contributed by atoms with Crippen LogP contribution in [-0.4, -0.2) is 57.7 Å². The van der Waals surface area contributed by atoms with E-state index in [0.717, 1.165) is 16.3 Å². The molecule has 1 amide bonds. The Labute approximate surface area is 168 Å². The number of hydrogen-bond acceptors (Lipinski definition) is 6. The van der Waals surface area contributed by atoms with Crippen molar-refractivity contribution < 1.29 is 17.9 Å². The van der Waals surface area contributed by atoms with Crippen LogP contribution in [0.2, 0.25) is 0 Å². The molecule has 0 aromatic heterocycles. The Bertz CT molecular complexity index is 1000. The van der Waals surface area contributed by atoms with Gasteiger partial charge in [0.05, 0.1) is 23.4 Å². The maximum Gasteiger partial charge on any atom is 0.243 e. The molecule has 1 N–H and O–H groups in total. The molecule has 4 rings (SSSR count). The van der Waals surface area contributed by atoms with Gasteiger partial charge in [0.15, 0.2) is 0 Å². The minimum absolute atomic E-state index is 0.0678. The van der Waals surface area contributed by atoms with Crippen LogP contribution in [0.1, 0.15) is 0 Å². The van der Waals surface area contributed by atoms with Crippen molar-refractivity contribution in [3.8, 4) is 5.75 Å². The number of methoxy groups -OCH3 is 1. The van der Waals surface area contributed by atoms with Crippen LogP contribution in [0.25, 0.3) is 0 Å². The van der Waals surface area contributed by atoms with E-state index in [0.29, 0.717) is 37.6 Å². The second kappa shape index (κ2) is 7.65. The highest BCUT2D eigenvalue weighted by atomic mass is 32.2. The number of thioether (sulfide) groups is 1. The topological polar surface area (TPSA) is 79.0 Å². The molecule has 0 atom stereocenters. The third-order valence-electron chi connectivity index (χ3n) is 4.88. The van der Waals surface area contributed by atoms with Gasteiger partial charge in [0.1, 0.15) is 5.75 Å². The average molecular weight is 420 g/mol. The van der Waals surface area contributed by atoms with Gasteiger partial charge in [0.2, 0.25) is 15.9 Å². The fourth-order valence-electron chi connectivity index (χ4n) is 3.36. The van der Waals surface area contributed by atoms with Crippen LogP contribution >= 0.6 is 11.8 Å². The number of carbonyl (C=O) groups is 1. The zero-order chi connectivity index (χ0) is 19.7. The molecule has 0 unspecified atom stereocenters. The first kappa shape index (κ1) is 19.1. The van der Waals surface area contributed by atoms with E-state index >= 15 is 0 Å². The van der Waals surface area contributed by atoms with Gasteiger partial charge in [0, 0.05) is 42.8 Å². The summed E-state index contributed by atoms with van der Waals surface area (Å²) in [5, 5.41) is 2.77. The van der Waals surface area contributed by atoms with Crippen molar-refractivity contribution in [2.45, 2.75) is 9.79 Å². The fourth-order valence-corrected chi connectivity index (χ4v) is 5.73. The lowest BCUT2D eigenvalue weighted by Crippen LogP contribution is -2.48. The van der Waals surface area contributed by atoms with Gasteiger partial charge in [-0.3, -0.25) is 4.79 Å². The van der Waals surface area contributed by atoms with E-state index in [1.165, 1.54) is 16.1 Å². The van der Waals surface area contributed by atoms with Crippen molar-refractivity contribution in [3.05, 3.63) is 42.5 Å². The standard InChI is InChI=1S/C19H21N3O4S2/c1-26-15-4-2-3-14(11-15)21-7-9-22(10-8-21)28(24,25)16-5-6-17-18(12-16)27-13-19(23)20-17/h2-6,11-12H,7-10,13H2,1H3,(H,20,23). The van der Waals surface area contributed by atoms with Gasteiger partial charge >= 0.3 is 0 Å². The predicted molar refractivity (Wildman–Crippen MR) is 110 cm³/mol. The molecule has 0 aliphatic carbocycles. The fraction of sp³-hybridized carbons (Fsp3) is 0.316. The SMILES string of the molecule is COc1cccc(N2CCN(S(=O)(=O)c3ccc4c(c3)SCC(=O)N4)CC2)c1. The zero-order valence-electron chi connectivity index (χ0n) is 15.4. The van der Waals surface area contributed by atoms with Crippen LogP contribution in [0, 0.1) is 0 Å². The van der Waals surface area contributed by atoms with Crippen molar-refractivity contribution in [2.75, 3.05) is 49.3 Å². The molecule has 0 bridgehead atoms. The number of amides is 1. The number of benzene rings is 2. The Morgan fingerprint density at radius 1 is 1.07 bits per heavy atom. The van der Waals surface area contributed by atoms with E-state index in [9.17, 15) is 13.2 Å². The smallest absolute Gasteiger partial charge is 0.243 e. The summed E-state index contributed by atoms with van der Waals surface area (Å²) in [5.41, 5.74) is 1.69. The zero-order valence-corrected chi connectivity index (χ0v) is 17.1. The van der Waals surface area contributed by atoms with Gasteiger partial charge in [-0.2, -0.15) is 4.31 Å². The number of fused-ring (bicyclic) bond motifs is 1. The summed E-state index contributed by atoms with van der Waals surface area (Å²) in [6.07, 6.45) is 0. The lowest BCUT2D eigenvalue weighted by Gasteiger charge is -2.35. The number of piperazine rings is 1. The quantitative estimate of drug-likeness (QED) is 0.819. The van der Waals surface area contributed by atoms with Crippen molar-refractivity contribution in [2.24, 2.45) is 0 Å². The summed E-state index contributed by atoms with van der Waals surface area (Å²) < 4.78 is 32.9. The third kappa shape index (κ3) is 3.69. The minimum Gasteiger partial charge on any atom is -0.497 e. The molecule has 0 spiro atoms. The maximum atomic E-state index is 13.1. The summed E-state index contributed by atoms with van der Waals surface area (Å²) in [6, 6.07) is 12.7. The van der Waals surface area contributed by atoms with Gasteiger partial charge < -0.3 is 15.0 Å². The first-order chi connectivity index (χ1) is 13.5. The average Bonchev–Trinajstić information content (AvgIpc) is 2.73. The minimum atomic E-state index is -3.57. The Balaban J connectivity index is 1.48. The number of nitrogens with one attached hydrogen (secondary N) is 1. The van der Waals surface area contributed by atoms with Gasteiger partial charge in [-0.25, -0.2) is 8.42 Å². The van der Waals surface area contributed by atoms with Crippen molar-refractivity contribution in [3.63, 3.8) is 0 Å². The van der Waals surface area contributed by atoms with Crippen LogP contribution < -0.4 is 15.0 Å². The first-order valence-corrected chi connectivity index (χ1v) is 11.4. The third-order valence-corrected chi connectivity index (χ3v) is 7.83. The summed E-state index contributed by atoms with van der Waals surface area (Å²) in [7, 11) is -1.94. The molecule has 0 saturated carbocycles. The molecule has 2 aliphatic heterocycles.